The van der Waals surface area contributed by atoms with Gasteiger partial charge in [0.2, 0.25) is 5.95 Å². The lowest BCUT2D eigenvalue weighted by Crippen LogP contribution is -2.49. The van der Waals surface area contributed by atoms with Crippen LogP contribution >= 0.6 is 0 Å². The van der Waals surface area contributed by atoms with E-state index in [1.165, 1.54) is 38.6 Å². The van der Waals surface area contributed by atoms with E-state index >= 15 is 0 Å². The molecule has 0 bridgehead atoms. The Labute approximate surface area is 133 Å². The monoisotopic (exact) mass is 304 g/mol. The Kier molecular flexibility index (Phi) is 5.26. The van der Waals surface area contributed by atoms with Crippen molar-refractivity contribution < 1.29 is 4.74 Å². The molecule has 22 heavy (non-hydrogen) atoms. The molecule has 0 N–H and O–H groups in total. The van der Waals surface area contributed by atoms with E-state index in [4.69, 9.17) is 4.74 Å². The van der Waals surface area contributed by atoms with Gasteiger partial charge in [0.15, 0.2) is 0 Å². The molecule has 3 heterocycles. The van der Waals surface area contributed by atoms with E-state index in [0.717, 1.165) is 31.2 Å². The van der Waals surface area contributed by atoms with Crippen LogP contribution in [0.3, 0.4) is 0 Å². The van der Waals surface area contributed by atoms with E-state index in [1.807, 2.05) is 19.3 Å². The molecular formula is C17H28N4O. The number of likely N-dealkylation sites (N-methyl/N-ethyl adjacent to an activating group) is 1. The molecule has 5 heteroatoms. The fourth-order valence-corrected chi connectivity index (χ4v) is 3.48. The minimum atomic E-state index is 0.438. The lowest BCUT2D eigenvalue weighted by molar-refractivity contribution is -0.00993. The van der Waals surface area contributed by atoms with Gasteiger partial charge >= 0.3 is 0 Å². The molecule has 0 radical (unpaired) electrons. The van der Waals surface area contributed by atoms with Crippen LogP contribution in [0.1, 0.15) is 37.7 Å². The molecule has 2 atom stereocenters. The predicted molar refractivity (Wildman–Crippen MR) is 88.2 cm³/mol. The van der Waals surface area contributed by atoms with Crippen LogP contribution in [-0.2, 0) is 4.74 Å². The number of rotatable bonds is 4. The first kappa shape index (κ1) is 15.7. The summed E-state index contributed by atoms with van der Waals surface area (Å²) in [6.45, 7) is 6.33. The van der Waals surface area contributed by atoms with Gasteiger partial charge in [0.1, 0.15) is 0 Å². The molecular weight excluding hydrogens is 276 g/mol. The maximum Gasteiger partial charge on any atom is 0.225 e. The van der Waals surface area contributed by atoms with Gasteiger partial charge < -0.3 is 9.64 Å². The van der Waals surface area contributed by atoms with Crippen molar-refractivity contribution >= 4 is 5.95 Å². The van der Waals surface area contributed by atoms with Crippen molar-refractivity contribution in [2.24, 2.45) is 0 Å². The van der Waals surface area contributed by atoms with Gasteiger partial charge in [-0.1, -0.05) is 0 Å². The number of aryl methyl sites for hydroxylation is 1. The molecule has 2 fully saturated rings. The summed E-state index contributed by atoms with van der Waals surface area (Å²) in [6.07, 6.45) is 10.5. The number of hydrogen-bond donors (Lipinski definition) is 0. The lowest BCUT2D eigenvalue weighted by Gasteiger charge is -2.39. The highest BCUT2D eigenvalue weighted by Crippen LogP contribution is 2.21. The Morgan fingerprint density at radius 2 is 2.05 bits per heavy atom. The third-order valence-electron chi connectivity index (χ3n) is 4.85. The summed E-state index contributed by atoms with van der Waals surface area (Å²) < 4.78 is 5.89. The van der Waals surface area contributed by atoms with Crippen LogP contribution in [0.5, 0.6) is 0 Å². The van der Waals surface area contributed by atoms with Gasteiger partial charge in [-0.25, -0.2) is 9.97 Å². The zero-order valence-electron chi connectivity index (χ0n) is 13.9. The van der Waals surface area contributed by atoms with Crippen LogP contribution in [-0.4, -0.2) is 60.3 Å². The van der Waals surface area contributed by atoms with Crippen molar-refractivity contribution in [2.45, 2.75) is 51.2 Å². The molecule has 122 valence electrons. The predicted octanol–water partition coefficient (Wildman–Crippen LogP) is 2.25. The highest BCUT2D eigenvalue weighted by atomic mass is 16.5. The van der Waals surface area contributed by atoms with E-state index in [9.17, 15) is 0 Å². The molecule has 2 unspecified atom stereocenters. The maximum absolute atomic E-state index is 5.89. The fraction of sp³-hybridized carbons (Fsp3) is 0.765. The van der Waals surface area contributed by atoms with E-state index in [0.29, 0.717) is 12.1 Å². The number of nitrogens with zero attached hydrogens (tertiary/aromatic N) is 4. The Morgan fingerprint density at radius 1 is 1.23 bits per heavy atom. The smallest absolute Gasteiger partial charge is 0.225 e. The van der Waals surface area contributed by atoms with Crippen LogP contribution < -0.4 is 4.90 Å². The zero-order chi connectivity index (χ0) is 15.4. The largest absolute Gasteiger partial charge is 0.377 e. The summed E-state index contributed by atoms with van der Waals surface area (Å²) in [4.78, 5) is 13.7. The van der Waals surface area contributed by atoms with Gasteiger partial charge in [0.25, 0.3) is 0 Å². The Bertz CT molecular complexity index is 458. The number of piperidine rings is 1. The minimum Gasteiger partial charge on any atom is -0.377 e. The number of ether oxygens (including phenoxy) is 1. The van der Waals surface area contributed by atoms with Gasteiger partial charge in [-0.2, -0.15) is 0 Å². The molecule has 0 aliphatic carbocycles. The number of hydrogen-bond acceptors (Lipinski definition) is 5. The SMILES string of the molecule is Cc1cnc(N(C)C2CCCN(CC3CCCCO3)C2)nc1. The molecule has 2 aliphatic heterocycles. The number of aromatic nitrogens is 2. The first-order valence-corrected chi connectivity index (χ1v) is 8.58. The number of anilines is 1. The van der Waals surface area contributed by atoms with Gasteiger partial charge in [-0.15, -0.1) is 0 Å². The van der Waals surface area contributed by atoms with Crippen LogP contribution in [0.4, 0.5) is 5.95 Å². The van der Waals surface area contributed by atoms with Crippen LogP contribution in [0.15, 0.2) is 12.4 Å². The molecule has 0 aromatic carbocycles. The van der Waals surface area contributed by atoms with Gasteiger partial charge in [-0.3, -0.25) is 4.90 Å². The van der Waals surface area contributed by atoms with Gasteiger partial charge in [-0.05, 0) is 51.1 Å². The average molecular weight is 304 g/mol. The normalized spacial score (nSPS) is 26.8. The lowest BCUT2D eigenvalue weighted by atomic mass is 10.0. The van der Waals surface area contributed by atoms with Crippen LogP contribution in [0.2, 0.25) is 0 Å². The molecule has 3 rings (SSSR count). The molecule has 0 saturated carbocycles. The molecule has 5 nitrogen and oxygen atoms in total. The summed E-state index contributed by atoms with van der Waals surface area (Å²) in [5.74, 6) is 0.839. The standard InChI is InChI=1S/C17H28N4O/c1-14-10-18-17(19-11-14)20(2)15-6-5-8-21(12-15)13-16-7-3-4-9-22-16/h10-11,15-16H,3-9,12-13H2,1-2H3. The van der Waals surface area contributed by atoms with E-state index in [2.05, 4.69) is 26.8 Å². The van der Waals surface area contributed by atoms with E-state index in [-0.39, 0.29) is 0 Å². The molecule has 0 amide bonds. The minimum absolute atomic E-state index is 0.438. The average Bonchev–Trinajstić information content (AvgIpc) is 2.56. The Morgan fingerprint density at radius 3 is 2.77 bits per heavy atom. The summed E-state index contributed by atoms with van der Waals surface area (Å²) in [6, 6.07) is 0.500. The summed E-state index contributed by atoms with van der Waals surface area (Å²) in [5.41, 5.74) is 1.11. The topological polar surface area (TPSA) is 41.5 Å². The highest BCUT2D eigenvalue weighted by Gasteiger charge is 2.27. The quantitative estimate of drug-likeness (QED) is 0.853. The van der Waals surface area contributed by atoms with Crippen molar-refractivity contribution in [1.82, 2.24) is 14.9 Å². The van der Waals surface area contributed by atoms with Crippen LogP contribution in [0, 0.1) is 6.92 Å². The first-order chi connectivity index (χ1) is 10.7. The highest BCUT2D eigenvalue weighted by molar-refractivity contribution is 5.30. The zero-order valence-corrected chi connectivity index (χ0v) is 13.9. The van der Waals surface area contributed by atoms with Crippen molar-refractivity contribution in [3.8, 4) is 0 Å². The second-order valence-electron chi connectivity index (χ2n) is 6.72. The van der Waals surface area contributed by atoms with Crippen LogP contribution in [0.25, 0.3) is 0 Å². The van der Waals surface area contributed by atoms with Gasteiger partial charge in [0.05, 0.1) is 6.10 Å². The van der Waals surface area contributed by atoms with Gasteiger partial charge in [0, 0.05) is 45.2 Å². The summed E-state index contributed by atoms with van der Waals surface area (Å²) in [7, 11) is 2.12. The molecule has 1 aromatic heterocycles. The van der Waals surface area contributed by atoms with Crippen molar-refractivity contribution in [2.75, 3.05) is 38.2 Å². The molecule has 1 aromatic rings. The van der Waals surface area contributed by atoms with E-state index in [1.54, 1.807) is 0 Å². The fourth-order valence-electron chi connectivity index (χ4n) is 3.48. The summed E-state index contributed by atoms with van der Waals surface area (Å²) in [5, 5.41) is 0. The second-order valence-corrected chi connectivity index (χ2v) is 6.72. The van der Waals surface area contributed by atoms with Crippen molar-refractivity contribution in [1.29, 1.82) is 0 Å². The molecule has 2 aliphatic rings. The Hall–Kier alpha value is -1.20. The van der Waals surface area contributed by atoms with Crippen molar-refractivity contribution in [3.63, 3.8) is 0 Å². The Balaban J connectivity index is 1.56. The van der Waals surface area contributed by atoms with Crippen molar-refractivity contribution in [3.05, 3.63) is 18.0 Å². The third-order valence-corrected chi connectivity index (χ3v) is 4.85. The molecule has 2 saturated heterocycles. The third kappa shape index (κ3) is 3.96. The maximum atomic E-state index is 5.89. The van der Waals surface area contributed by atoms with E-state index < -0.39 is 0 Å². The first-order valence-electron chi connectivity index (χ1n) is 8.58. The second kappa shape index (κ2) is 7.38. The summed E-state index contributed by atoms with van der Waals surface area (Å²) >= 11 is 0. The number of likely N-dealkylation sites (tertiary alicyclic amines) is 1. The molecule has 0 spiro atoms.